The standard InChI is InChI=1S/C15H19N3S/c1-3-10(2)18-13(8-17-15(18)16)12-9-19-14-7-5-4-6-11(12)14/h4-7,9-10,13H,3,8H2,1-2H3,(H2,16,17). The highest BCUT2D eigenvalue weighted by molar-refractivity contribution is 7.17. The van der Waals surface area contributed by atoms with E-state index in [1.807, 2.05) is 0 Å². The number of thiophene rings is 1. The number of benzene rings is 1. The summed E-state index contributed by atoms with van der Waals surface area (Å²) in [5.41, 5.74) is 7.44. The number of rotatable bonds is 3. The molecule has 0 amide bonds. The lowest BCUT2D eigenvalue weighted by Crippen LogP contribution is -2.42. The van der Waals surface area contributed by atoms with Crippen molar-refractivity contribution in [3.8, 4) is 0 Å². The third-order valence-electron chi connectivity index (χ3n) is 3.96. The third kappa shape index (κ3) is 2.00. The lowest BCUT2D eigenvalue weighted by Gasteiger charge is -2.31. The number of aliphatic imine (C=N–C) groups is 1. The second-order valence-electron chi connectivity index (χ2n) is 5.07. The normalized spacial score (nSPS) is 20.8. The lowest BCUT2D eigenvalue weighted by molar-refractivity contribution is 0.270. The van der Waals surface area contributed by atoms with E-state index in [1.165, 1.54) is 15.6 Å². The molecule has 3 nitrogen and oxygen atoms in total. The first kappa shape index (κ1) is 12.5. The first-order valence-electron chi connectivity index (χ1n) is 6.76. The van der Waals surface area contributed by atoms with E-state index < -0.39 is 0 Å². The maximum atomic E-state index is 6.08. The molecule has 100 valence electrons. The molecular formula is C15H19N3S. The number of guanidine groups is 1. The highest BCUT2D eigenvalue weighted by Gasteiger charge is 2.31. The fourth-order valence-electron chi connectivity index (χ4n) is 2.74. The molecule has 1 aliphatic heterocycles. The van der Waals surface area contributed by atoms with Crippen LogP contribution in [0.1, 0.15) is 31.9 Å². The average molecular weight is 273 g/mol. The maximum Gasteiger partial charge on any atom is 0.192 e. The molecule has 3 rings (SSSR count). The van der Waals surface area contributed by atoms with Gasteiger partial charge < -0.3 is 10.6 Å². The first-order valence-corrected chi connectivity index (χ1v) is 7.64. The molecule has 2 unspecified atom stereocenters. The third-order valence-corrected chi connectivity index (χ3v) is 4.94. The number of fused-ring (bicyclic) bond motifs is 1. The largest absolute Gasteiger partial charge is 0.370 e. The van der Waals surface area contributed by atoms with Gasteiger partial charge in [-0.3, -0.25) is 4.99 Å². The van der Waals surface area contributed by atoms with Gasteiger partial charge in [0.05, 0.1) is 12.6 Å². The lowest BCUT2D eigenvalue weighted by atomic mass is 10.0. The van der Waals surface area contributed by atoms with Crippen molar-refractivity contribution in [2.45, 2.75) is 32.4 Å². The second-order valence-corrected chi connectivity index (χ2v) is 5.98. The molecule has 0 saturated heterocycles. The molecule has 0 fully saturated rings. The number of nitrogens with zero attached hydrogens (tertiary/aromatic N) is 2. The molecule has 1 aromatic heterocycles. The molecule has 2 N–H and O–H groups in total. The van der Waals surface area contributed by atoms with Crippen LogP contribution in [0.25, 0.3) is 10.1 Å². The fourth-order valence-corrected chi connectivity index (χ4v) is 3.75. The molecule has 2 atom stereocenters. The Morgan fingerprint density at radius 3 is 3.05 bits per heavy atom. The van der Waals surface area contributed by atoms with E-state index in [4.69, 9.17) is 5.73 Å². The summed E-state index contributed by atoms with van der Waals surface area (Å²) in [4.78, 5) is 6.73. The van der Waals surface area contributed by atoms with Gasteiger partial charge in [-0.25, -0.2) is 0 Å². The summed E-state index contributed by atoms with van der Waals surface area (Å²) in [7, 11) is 0. The van der Waals surface area contributed by atoms with Crippen molar-refractivity contribution in [2.75, 3.05) is 6.54 Å². The van der Waals surface area contributed by atoms with E-state index in [9.17, 15) is 0 Å². The van der Waals surface area contributed by atoms with Crippen molar-refractivity contribution in [1.29, 1.82) is 0 Å². The Hall–Kier alpha value is -1.55. The van der Waals surface area contributed by atoms with E-state index in [2.05, 4.69) is 53.4 Å². The summed E-state index contributed by atoms with van der Waals surface area (Å²) >= 11 is 1.80. The van der Waals surface area contributed by atoms with E-state index in [-0.39, 0.29) is 0 Å². The van der Waals surface area contributed by atoms with Crippen LogP contribution < -0.4 is 5.73 Å². The van der Waals surface area contributed by atoms with Crippen LogP contribution in [0.15, 0.2) is 34.6 Å². The van der Waals surface area contributed by atoms with Gasteiger partial charge in [-0.2, -0.15) is 0 Å². The summed E-state index contributed by atoms with van der Waals surface area (Å²) < 4.78 is 1.34. The second kappa shape index (κ2) is 4.85. The van der Waals surface area contributed by atoms with Crippen LogP contribution >= 0.6 is 11.3 Å². The highest BCUT2D eigenvalue weighted by Crippen LogP contribution is 2.36. The highest BCUT2D eigenvalue weighted by atomic mass is 32.1. The summed E-state index contributed by atoms with van der Waals surface area (Å²) in [5, 5.41) is 3.61. The Balaban J connectivity index is 2.02. The zero-order valence-electron chi connectivity index (χ0n) is 11.3. The topological polar surface area (TPSA) is 41.6 Å². The molecule has 1 aromatic carbocycles. The van der Waals surface area contributed by atoms with Gasteiger partial charge >= 0.3 is 0 Å². The Bertz CT molecular complexity index is 617. The fraction of sp³-hybridized carbons (Fsp3) is 0.400. The van der Waals surface area contributed by atoms with Crippen molar-refractivity contribution in [2.24, 2.45) is 10.7 Å². The summed E-state index contributed by atoms with van der Waals surface area (Å²) in [6.45, 7) is 5.19. The number of nitrogens with two attached hydrogens (primary N) is 1. The van der Waals surface area contributed by atoms with Gasteiger partial charge in [0.2, 0.25) is 0 Å². The quantitative estimate of drug-likeness (QED) is 0.931. The number of hydrogen-bond acceptors (Lipinski definition) is 4. The van der Waals surface area contributed by atoms with E-state index in [0.29, 0.717) is 18.0 Å². The molecule has 2 aromatic rings. The van der Waals surface area contributed by atoms with Gasteiger partial charge in [0, 0.05) is 10.7 Å². The summed E-state index contributed by atoms with van der Waals surface area (Å²) in [5.74, 6) is 0.689. The van der Waals surface area contributed by atoms with Gasteiger partial charge in [0.1, 0.15) is 0 Å². The SMILES string of the molecule is CCC(C)N1C(N)=NCC1c1csc2ccccc12. The van der Waals surface area contributed by atoms with Crippen LogP contribution in [-0.2, 0) is 0 Å². The van der Waals surface area contributed by atoms with Crippen LogP contribution in [0.3, 0.4) is 0 Å². The molecular weight excluding hydrogens is 254 g/mol. The van der Waals surface area contributed by atoms with Crippen molar-refractivity contribution in [1.82, 2.24) is 4.90 Å². The van der Waals surface area contributed by atoms with Crippen molar-refractivity contribution >= 4 is 27.4 Å². The molecule has 0 aliphatic carbocycles. The molecule has 19 heavy (non-hydrogen) atoms. The maximum absolute atomic E-state index is 6.08. The van der Waals surface area contributed by atoms with Crippen LogP contribution in [0.5, 0.6) is 0 Å². The molecule has 1 aliphatic rings. The zero-order chi connectivity index (χ0) is 13.4. The molecule has 0 saturated carbocycles. The van der Waals surface area contributed by atoms with Crippen molar-refractivity contribution in [3.63, 3.8) is 0 Å². The Morgan fingerprint density at radius 2 is 2.26 bits per heavy atom. The van der Waals surface area contributed by atoms with Crippen molar-refractivity contribution in [3.05, 3.63) is 35.2 Å². The summed E-state index contributed by atoms with van der Waals surface area (Å²) in [6, 6.07) is 9.29. The minimum Gasteiger partial charge on any atom is -0.370 e. The van der Waals surface area contributed by atoms with E-state index in [0.717, 1.165) is 13.0 Å². The van der Waals surface area contributed by atoms with Crippen LogP contribution in [-0.4, -0.2) is 23.4 Å². The van der Waals surface area contributed by atoms with Crippen LogP contribution in [0, 0.1) is 0 Å². The van der Waals surface area contributed by atoms with Gasteiger partial charge in [-0.1, -0.05) is 25.1 Å². The predicted octanol–water partition coefficient (Wildman–Crippen LogP) is 3.37. The molecule has 0 radical (unpaired) electrons. The molecule has 4 heteroatoms. The average Bonchev–Trinajstić information content (AvgIpc) is 3.01. The monoisotopic (exact) mass is 273 g/mol. The minimum atomic E-state index is 0.297. The van der Waals surface area contributed by atoms with Crippen LogP contribution in [0.2, 0.25) is 0 Å². The van der Waals surface area contributed by atoms with Crippen molar-refractivity contribution < 1.29 is 0 Å². The van der Waals surface area contributed by atoms with Gasteiger partial charge in [-0.15, -0.1) is 11.3 Å². The minimum absolute atomic E-state index is 0.297. The van der Waals surface area contributed by atoms with Gasteiger partial charge in [-0.05, 0) is 35.7 Å². The predicted molar refractivity (Wildman–Crippen MR) is 82.6 cm³/mol. The molecule has 0 bridgehead atoms. The Morgan fingerprint density at radius 1 is 1.47 bits per heavy atom. The van der Waals surface area contributed by atoms with Gasteiger partial charge in [0.15, 0.2) is 5.96 Å². The Labute approximate surface area is 117 Å². The van der Waals surface area contributed by atoms with E-state index in [1.54, 1.807) is 11.3 Å². The van der Waals surface area contributed by atoms with E-state index >= 15 is 0 Å². The first-order chi connectivity index (χ1) is 9.22. The smallest absolute Gasteiger partial charge is 0.192 e. The Kier molecular flexibility index (Phi) is 3.19. The number of hydrogen-bond donors (Lipinski definition) is 1. The molecule has 2 heterocycles. The van der Waals surface area contributed by atoms with Crippen LogP contribution in [0.4, 0.5) is 0 Å². The molecule has 0 spiro atoms. The zero-order valence-corrected chi connectivity index (χ0v) is 12.2. The van der Waals surface area contributed by atoms with Gasteiger partial charge in [0.25, 0.3) is 0 Å². The summed E-state index contributed by atoms with van der Waals surface area (Å²) in [6.07, 6.45) is 1.08.